The van der Waals surface area contributed by atoms with Crippen LogP contribution in [0.25, 0.3) is 0 Å². The van der Waals surface area contributed by atoms with E-state index in [4.69, 9.17) is 0 Å². The molecule has 0 bridgehead atoms. The number of rotatable bonds is 3. The van der Waals surface area contributed by atoms with Gasteiger partial charge in [-0.25, -0.2) is 5.43 Å². The number of carbonyl (C=O) groups is 1. The van der Waals surface area contributed by atoms with Crippen LogP contribution in [-0.4, -0.2) is 12.1 Å². The van der Waals surface area contributed by atoms with Crippen LogP contribution in [0.2, 0.25) is 0 Å². The Kier molecular flexibility index (Phi) is 4.49. The first kappa shape index (κ1) is 11.9. The highest BCUT2D eigenvalue weighted by molar-refractivity contribution is 9.10. The van der Waals surface area contributed by atoms with E-state index in [2.05, 4.69) is 26.5 Å². The van der Waals surface area contributed by atoms with Crippen molar-refractivity contribution >= 4 is 28.1 Å². The van der Waals surface area contributed by atoms with Gasteiger partial charge in [0.2, 0.25) is 5.91 Å². The van der Waals surface area contributed by atoms with E-state index in [0.29, 0.717) is 0 Å². The highest BCUT2D eigenvalue weighted by Crippen LogP contribution is 2.08. The Morgan fingerprint density at radius 1 is 1.40 bits per heavy atom. The van der Waals surface area contributed by atoms with E-state index >= 15 is 0 Å². The van der Waals surface area contributed by atoms with Crippen molar-refractivity contribution in [3.63, 3.8) is 0 Å². The molecule has 0 radical (unpaired) electrons. The Morgan fingerprint density at radius 3 is 2.53 bits per heavy atom. The summed E-state index contributed by atoms with van der Waals surface area (Å²) < 4.78 is 1.02. The van der Waals surface area contributed by atoms with Crippen molar-refractivity contribution in [2.24, 2.45) is 11.0 Å². The number of hydrazone groups is 1. The lowest BCUT2D eigenvalue weighted by Crippen LogP contribution is -2.22. The van der Waals surface area contributed by atoms with Crippen molar-refractivity contribution in [2.75, 3.05) is 0 Å². The van der Waals surface area contributed by atoms with Gasteiger partial charge in [-0.3, -0.25) is 4.79 Å². The third-order valence-electron chi connectivity index (χ3n) is 1.78. The van der Waals surface area contributed by atoms with Gasteiger partial charge >= 0.3 is 0 Å². The molecule has 80 valence electrons. The van der Waals surface area contributed by atoms with E-state index in [1.54, 1.807) is 6.21 Å². The van der Waals surface area contributed by atoms with Crippen molar-refractivity contribution in [3.8, 4) is 0 Å². The fourth-order valence-electron chi connectivity index (χ4n) is 0.848. The summed E-state index contributed by atoms with van der Waals surface area (Å²) in [6, 6.07) is 7.67. The van der Waals surface area contributed by atoms with E-state index in [9.17, 15) is 4.79 Å². The fraction of sp³-hybridized carbons (Fsp3) is 0.273. The molecule has 0 saturated carbocycles. The second kappa shape index (κ2) is 5.66. The first-order valence-corrected chi connectivity index (χ1v) is 5.47. The lowest BCUT2D eigenvalue weighted by Gasteiger charge is -2.01. The third-order valence-corrected chi connectivity index (χ3v) is 2.31. The lowest BCUT2D eigenvalue weighted by atomic mass is 10.2. The summed E-state index contributed by atoms with van der Waals surface area (Å²) in [4.78, 5) is 11.2. The number of halogens is 1. The van der Waals surface area contributed by atoms with Gasteiger partial charge in [0, 0.05) is 10.4 Å². The maximum atomic E-state index is 11.2. The summed E-state index contributed by atoms with van der Waals surface area (Å²) in [5, 5.41) is 3.85. The standard InChI is InChI=1S/C11H13BrN2O/c1-8(2)11(15)14-13-7-9-3-5-10(12)6-4-9/h3-8H,1-2H3,(H,14,15)/b13-7+. The van der Waals surface area contributed by atoms with Crippen LogP contribution < -0.4 is 5.43 Å². The van der Waals surface area contributed by atoms with Gasteiger partial charge in [0.25, 0.3) is 0 Å². The number of nitrogens with one attached hydrogen (secondary N) is 1. The van der Waals surface area contributed by atoms with E-state index in [1.165, 1.54) is 0 Å². The number of hydrogen-bond acceptors (Lipinski definition) is 2. The number of hydrogen-bond donors (Lipinski definition) is 1. The van der Waals surface area contributed by atoms with Crippen LogP contribution in [0.3, 0.4) is 0 Å². The van der Waals surface area contributed by atoms with Gasteiger partial charge in [-0.05, 0) is 17.7 Å². The molecule has 1 amide bonds. The van der Waals surface area contributed by atoms with Gasteiger partial charge in [-0.1, -0.05) is 41.9 Å². The van der Waals surface area contributed by atoms with Crippen molar-refractivity contribution in [1.29, 1.82) is 0 Å². The summed E-state index contributed by atoms with van der Waals surface area (Å²) in [5.41, 5.74) is 3.41. The van der Waals surface area contributed by atoms with Gasteiger partial charge in [0.1, 0.15) is 0 Å². The molecule has 0 aliphatic heterocycles. The topological polar surface area (TPSA) is 41.5 Å². The Hall–Kier alpha value is -1.16. The molecule has 0 atom stereocenters. The first-order chi connectivity index (χ1) is 7.09. The Labute approximate surface area is 97.7 Å². The quantitative estimate of drug-likeness (QED) is 0.665. The predicted molar refractivity (Wildman–Crippen MR) is 64.7 cm³/mol. The molecule has 4 heteroatoms. The Balaban J connectivity index is 2.51. The monoisotopic (exact) mass is 268 g/mol. The summed E-state index contributed by atoms with van der Waals surface area (Å²) >= 11 is 3.34. The van der Waals surface area contributed by atoms with Crippen LogP contribution in [-0.2, 0) is 4.79 Å². The molecule has 1 aromatic carbocycles. The molecule has 15 heavy (non-hydrogen) atoms. The molecule has 3 nitrogen and oxygen atoms in total. The average molecular weight is 269 g/mol. The third kappa shape index (κ3) is 4.25. The summed E-state index contributed by atoms with van der Waals surface area (Å²) in [6.45, 7) is 3.65. The van der Waals surface area contributed by atoms with Crippen molar-refractivity contribution in [1.82, 2.24) is 5.43 Å². The minimum atomic E-state index is -0.0802. The summed E-state index contributed by atoms with van der Waals surface area (Å²) in [6.07, 6.45) is 1.62. The van der Waals surface area contributed by atoms with Crippen molar-refractivity contribution in [2.45, 2.75) is 13.8 Å². The molecule has 0 fully saturated rings. The van der Waals surface area contributed by atoms with Crippen LogP contribution in [0.5, 0.6) is 0 Å². The molecule has 0 saturated heterocycles. The Morgan fingerprint density at radius 2 is 2.00 bits per heavy atom. The van der Waals surface area contributed by atoms with Crippen molar-refractivity contribution in [3.05, 3.63) is 34.3 Å². The molecular weight excluding hydrogens is 256 g/mol. The molecule has 0 aliphatic rings. The van der Waals surface area contributed by atoms with Crippen LogP contribution in [0.15, 0.2) is 33.8 Å². The van der Waals surface area contributed by atoms with Gasteiger partial charge in [0.05, 0.1) is 6.21 Å². The smallest absolute Gasteiger partial charge is 0.242 e. The molecular formula is C11H13BrN2O. The number of carbonyl (C=O) groups excluding carboxylic acids is 1. The molecule has 0 heterocycles. The van der Waals surface area contributed by atoms with E-state index < -0.39 is 0 Å². The maximum Gasteiger partial charge on any atom is 0.242 e. The zero-order valence-electron chi connectivity index (χ0n) is 8.70. The van der Waals surface area contributed by atoms with Gasteiger partial charge in [-0.2, -0.15) is 5.10 Å². The highest BCUT2D eigenvalue weighted by atomic mass is 79.9. The molecule has 1 rings (SSSR count). The second-order valence-electron chi connectivity index (χ2n) is 3.44. The molecule has 0 spiro atoms. The van der Waals surface area contributed by atoms with Gasteiger partial charge in [-0.15, -0.1) is 0 Å². The predicted octanol–water partition coefficient (Wildman–Crippen LogP) is 2.56. The van der Waals surface area contributed by atoms with Gasteiger partial charge in [0.15, 0.2) is 0 Å². The number of nitrogens with zero attached hydrogens (tertiary/aromatic N) is 1. The SMILES string of the molecule is CC(C)C(=O)N/N=C/c1ccc(Br)cc1. The molecule has 1 aromatic rings. The van der Waals surface area contributed by atoms with Crippen LogP contribution >= 0.6 is 15.9 Å². The van der Waals surface area contributed by atoms with Gasteiger partial charge < -0.3 is 0 Å². The Bertz CT molecular complexity index is 357. The van der Waals surface area contributed by atoms with Crippen molar-refractivity contribution < 1.29 is 4.79 Å². The van der Waals surface area contributed by atoms with E-state index in [0.717, 1.165) is 10.0 Å². The fourth-order valence-corrected chi connectivity index (χ4v) is 1.11. The number of amides is 1. The zero-order valence-corrected chi connectivity index (χ0v) is 10.3. The molecule has 1 N–H and O–H groups in total. The minimum absolute atomic E-state index is 0.0490. The molecule has 0 aliphatic carbocycles. The lowest BCUT2D eigenvalue weighted by molar-refractivity contribution is -0.123. The second-order valence-corrected chi connectivity index (χ2v) is 4.36. The average Bonchev–Trinajstić information content (AvgIpc) is 2.20. The van der Waals surface area contributed by atoms with E-state index in [1.807, 2.05) is 38.1 Å². The first-order valence-electron chi connectivity index (χ1n) is 4.68. The number of benzene rings is 1. The van der Waals surface area contributed by atoms with Crippen LogP contribution in [0.4, 0.5) is 0 Å². The summed E-state index contributed by atoms with van der Waals surface area (Å²) in [7, 11) is 0. The van der Waals surface area contributed by atoms with E-state index in [-0.39, 0.29) is 11.8 Å². The molecule has 0 unspecified atom stereocenters. The molecule has 0 aromatic heterocycles. The summed E-state index contributed by atoms with van der Waals surface area (Å²) in [5.74, 6) is -0.129. The zero-order chi connectivity index (χ0) is 11.3. The van der Waals surface area contributed by atoms with Crippen LogP contribution in [0.1, 0.15) is 19.4 Å². The highest BCUT2D eigenvalue weighted by Gasteiger charge is 2.03. The van der Waals surface area contributed by atoms with Crippen LogP contribution in [0, 0.1) is 5.92 Å². The normalized spacial score (nSPS) is 10.9. The minimum Gasteiger partial charge on any atom is -0.273 e. The largest absolute Gasteiger partial charge is 0.273 e. The maximum absolute atomic E-state index is 11.2.